The van der Waals surface area contributed by atoms with E-state index in [4.69, 9.17) is 10.5 Å². The first-order valence-corrected chi connectivity index (χ1v) is 29.3. The van der Waals surface area contributed by atoms with Crippen LogP contribution in [-0.2, 0) is 20.9 Å². The van der Waals surface area contributed by atoms with Gasteiger partial charge in [-0.3, -0.25) is 9.59 Å². The molecule has 1 spiro atoms. The van der Waals surface area contributed by atoms with Crippen LogP contribution in [0.1, 0.15) is 192 Å². The maximum atomic E-state index is 16.2. The maximum absolute atomic E-state index is 16.2. The zero-order valence-electron chi connectivity index (χ0n) is 44.7. The number of hydrogen-bond donors (Lipinski definition) is 6. The molecule has 9 heteroatoms. The molecule has 2 aromatic rings. The minimum Gasteiger partial charge on any atom is -0.508 e. The third-order valence-electron chi connectivity index (χ3n) is 23.9. The summed E-state index contributed by atoms with van der Waals surface area (Å²) < 4.78 is 6.91. The summed E-state index contributed by atoms with van der Waals surface area (Å²) in [7, 11) is 1.92. The second-order valence-electron chi connectivity index (χ2n) is 27.5. The number of anilines is 1. The van der Waals surface area contributed by atoms with E-state index in [1.807, 2.05) is 32.2 Å². The molecule has 19 atom stereocenters. The van der Waals surface area contributed by atoms with Crippen LogP contribution in [0.25, 0.3) is 0 Å². The third-order valence-corrected chi connectivity index (χ3v) is 23.9. The standard InChI is InChI=1S/C63H89N3O6/c1-58(71)25-9-10-26-59(2)55-49(66-35-58)33-63-27-13-20-48-54(69)52(47(61(48,63)4)23-24-50(63)60(55,3)32-45(56(59)70)39-28-36(34-65-6)29-41(67)31-39)51-43-17-8-7-14-37(43)21-22-44(51)53(68)57-62(5,72-57)46-19-12-18-42(46)38-15-11-16-40(64)30-38/h11,15-16,28-31,37,42-46,48-51,53,55,57,65-68,71H,7-10,12-14,17-27,32-35,64H2,1-6H3. The zero-order valence-corrected chi connectivity index (χ0v) is 44.7. The molecule has 7 saturated carbocycles. The largest absolute Gasteiger partial charge is 0.508 e. The average Bonchev–Trinajstić information content (AvgIpc) is 3.67. The smallest absolute Gasteiger partial charge is 0.163 e. The number of nitrogens with two attached hydrogens (primary N) is 1. The van der Waals surface area contributed by atoms with Gasteiger partial charge in [0, 0.05) is 47.5 Å². The number of carbonyl (C=O) groups excluding carboxylic acids is 2. The highest BCUT2D eigenvalue weighted by atomic mass is 16.6. The summed E-state index contributed by atoms with van der Waals surface area (Å²) >= 11 is 0. The summed E-state index contributed by atoms with van der Waals surface area (Å²) in [5.74, 6) is 2.50. The van der Waals surface area contributed by atoms with E-state index in [2.05, 4.69) is 62.6 Å². The monoisotopic (exact) mass is 984 g/mol. The van der Waals surface area contributed by atoms with Crippen molar-refractivity contribution in [3.63, 3.8) is 0 Å². The Balaban J connectivity index is 0.957. The third kappa shape index (κ3) is 7.35. The molecule has 2 aliphatic heterocycles. The molecule has 12 rings (SSSR count). The molecule has 2 saturated heterocycles. The van der Waals surface area contributed by atoms with Gasteiger partial charge >= 0.3 is 0 Å². The number of nitrogens with one attached hydrogen (secondary N) is 2. The fourth-order valence-electron chi connectivity index (χ4n) is 21.2. The van der Waals surface area contributed by atoms with Crippen molar-refractivity contribution >= 4 is 17.3 Å². The molecule has 0 radical (unpaired) electrons. The van der Waals surface area contributed by atoms with Crippen molar-refractivity contribution in [3.05, 3.63) is 70.3 Å². The number of aromatic hydroxyl groups is 1. The van der Waals surface area contributed by atoms with Crippen molar-refractivity contribution < 1.29 is 29.6 Å². The Hall–Kier alpha value is -3.08. The maximum Gasteiger partial charge on any atom is 0.163 e. The quantitative estimate of drug-likeness (QED) is 0.112. The van der Waals surface area contributed by atoms with Crippen molar-refractivity contribution in [3.8, 4) is 5.75 Å². The summed E-state index contributed by atoms with van der Waals surface area (Å²) in [6.07, 6.45) is 19.1. The van der Waals surface area contributed by atoms with E-state index in [-0.39, 0.29) is 63.7 Å². The number of ketones is 2. The summed E-state index contributed by atoms with van der Waals surface area (Å²) in [4.78, 5) is 31.9. The Morgan fingerprint density at radius 2 is 1.65 bits per heavy atom. The highest BCUT2D eigenvalue weighted by molar-refractivity contribution is 6.03. The molecule has 8 aliphatic carbocycles. The second kappa shape index (κ2) is 17.7. The number of rotatable bonds is 8. The lowest BCUT2D eigenvalue weighted by atomic mass is 9.31. The van der Waals surface area contributed by atoms with Gasteiger partial charge in [0.1, 0.15) is 17.6 Å². The number of carbonyl (C=O) groups is 2. The van der Waals surface area contributed by atoms with Crippen LogP contribution in [0.2, 0.25) is 0 Å². The predicted octanol–water partition coefficient (Wildman–Crippen LogP) is 11.1. The molecule has 2 aromatic carbocycles. The Bertz CT molecular complexity index is 2500. The van der Waals surface area contributed by atoms with Crippen molar-refractivity contribution in [1.82, 2.24) is 10.6 Å². The number of benzene rings is 2. The van der Waals surface area contributed by atoms with E-state index in [0.717, 1.165) is 125 Å². The summed E-state index contributed by atoms with van der Waals surface area (Å²) in [5.41, 5.74) is 10.3. The van der Waals surface area contributed by atoms with Gasteiger partial charge in [-0.1, -0.05) is 89.5 Å². The molecule has 0 aromatic heterocycles. The van der Waals surface area contributed by atoms with E-state index in [1.165, 1.54) is 30.4 Å². The molecule has 392 valence electrons. The topological polar surface area (TPSA) is 157 Å². The number of aliphatic hydroxyl groups is 2. The Morgan fingerprint density at radius 1 is 0.847 bits per heavy atom. The van der Waals surface area contributed by atoms with Crippen LogP contribution >= 0.6 is 0 Å². The summed E-state index contributed by atoms with van der Waals surface area (Å²) in [6, 6.07) is 14.3. The molecule has 2 heterocycles. The van der Waals surface area contributed by atoms with E-state index in [1.54, 1.807) is 0 Å². The van der Waals surface area contributed by atoms with Crippen LogP contribution in [0.3, 0.4) is 0 Å². The fraction of sp³-hybridized carbons (Fsp3) is 0.746. The lowest BCUT2D eigenvalue weighted by Crippen LogP contribution is -2.72. The van der Waals surface area contributed by atoms with Gasteiger partial charge in [0.15, 0.2) is 5.78 Å². The SMILES string of the molecule is CNCc1cc(O)cc(C2CC3(C)C4C(CC56CCCC7C(=O)C(C8C9CCCCC9CCC8C(O)C8OC8(C)C8CCCC8c8cccc(N)c8)=C(CCC35)C76C)NCC(C)(O)CCCCC4(C)C2=O)c1. The number of allylic oxidation sites excluding steroid dienone is 2. The number of phenolic OH excluding ortho intramolecular Hbond substituents is 1. The van der Waals surface area contributed by atoms with Crippen LogP contribution in [0.4, 0.5) is 5.69 Å². The molecule has 7 N–H and O–H groups in total. The van der Waals surface area contributed by atoms with Gasteiger partial charge in [-0.05, 0) is 209 Å². The molecule has 9 fully saturated rings. The van der Waals surface area contributed by atoms with Gasteiger partial charge in [0.25, 0.3) is 0 Å². The molecule has 19 unspecified atom stereocenters. The van der Waals surface area contributed by atoms with Gasteiger partial charge in [0.05, 0.1) is 17.3 Å². The number of hydrogen-bond acceptors (Lipinski definition) is 9. The Morgan fingerprint density at radius 3 is 2.46 bits per heavy atom. The van der Waals surface area contributed by atoms with E-state index in [9.17, 15) is 15.3 Å². The number of ether oxygens (including phenoxy) is 1. The van der Waals surface area contributed by atoms with Gasteiger partial charge in [-0.25, -0.2) is 0 Å². The van der Waals surface area contributed by atoms with Crippen molar-refractivity contribution in [2.45, 2.75) is 211 Å². The summed E-state index contributed by atoms with van der Waals surface area (Å²) in [6.45, 7) is 12.8. The zero-order chi connectivity index (χ0) is 50.3. The molecular formula is C63H89N3O6. The average molecular weight is 984 g/mol. The fourth-order valence-corrected chi connectivity index (χ4v) is 21.2. The van der Waals surface area contributed by atoms with Crippen LogP contribution in [-0.4, -0.2) is 69.9 Å². The van der Waals surface area contributed by atoms with Crippen molar-refractivity contribution in [2.24, 2.45) is 69.0 Å². The Kier molecular flexibility index (Phi) is 12.3. The number of nitrogen functional groups attached to an aromatic ring is 1. The normalized spacial score (nSPS) is 47.2. The van der Waals surface area contributed by atoms with Gasteiger partial charge < -0.3 is 36.4 Å². The van der Waals surface area contributed by atoms with Crippen LogP contribution in [0.15, 0.2) is 53.6 Å². The molecule has 0 amide bonds. The molecule has 0 bridgehead atoms. The number of phenols is 1. The van der Waals surface area contributed by atoms with Crippen LogP contribution in [0, 0.1) is 69.0 Å². The van der Waals surface area contributed by atoms with Gasteiger partial charge in [-0.15, -0.1) is 0 Å². The minimum atomic E-state index is -0.860. The van der Waals surface area contributed by atoms with Crippen LogP contribution < -0.4 is 16.4 Å². The number of aliphatic hydroxyl groups excluding tert-OH is 1. The predicted molar refractivity (Wildman–Crippen MR) is 283 cm³/mol. The first kappa shape index (κ1) is 49.8. The number of fused-ring (bicyclic) bond motifs is 2. The van der Waals surface area contributed by atoms with Crippen LogP contribution in [0.5, 0.6) is 5.75 Å². The Labute approximate surface area is 431 Å². The lowest BCUT2D eigenvalue weighted by Gasteiger charge is -2.73. The number of epoxide rings is 1. The molecule has 9 nitrogen and oxygen atoms in total. The first-order chi connectivity index (χ1) is 34.4. The second-order valence-corrected chi connectivity index (χ2v) is 27.5. The highest BCUT2D eigenvalue weighted by Crippen LogP contribution is 2.79. The summed E-state index contributed by atoms with van der Waals surface area (Å²) in [5, 5.41) is 43.6. The highest BCUT2D eigenvalue weighted by Gasteiger charge is 2.76. The number of Topliss-reactive ketones (excluding diaryl/α,β-unsaturated/α-hetero) is 2. The van der Waals surface area contributed by atoms with E-state index < -0.39 is 22.7 Å². The lowest BCUT2D eigenvalue weighted by molar-refractivity contribution is -0.219. The van der Waals surface area contributed by atoms with E-state index >= 15 is 9.59 Å². The number of β-amino-alcohol motifs (C(OH)–C–C–N with tert-alkyl or cyclic N) is 1. The first-order valence-electron chi connectivity index (χ1n) is 29.3. The minimum absolute atomic E-state index is 0.00719. The molecular weight excluding hydrogens is 895 g/mol. The van der Waals surface area contributed by atoms with Crippen molar-refractivity contribution in [1.29, 1.82) is 0 Å². The molecule has 10 aliphatic rings. The van der Waals surface area contributed by atoms with Gasteiger partial charge in [-0.2, -0.15) is 0 Å². The van der Waals surface area contributed by atoms with Crippen molar-refractivity contribution in [2.75, 3.05) is 19.3 Å². The van der Waals surface area contributed by atoms with E-state index in [0.29, 0.717) is 60.7 Å². The van der Waals surface area contributed by atoms with Gasteiger partial charge in [0.2, 0.25) is 0 Å². The molecule has 72 heavy (non-hydrogen) atoms.